The molecule has 0 aliphatic carbocycles. The number of pyridine rings is 2. The predicted molar refractivity (Wildman–Crippen MR) is 148 cm³/mol. The van der Waals surface area contributed by atoms with Crippen LogP contribution in [0.5, 0.6) is 11.5 Å². The molecule has 0 bridgehead atoms. The first-order valence-corrected chi connectivity index (χ1v) is 13.6. The molecule has 0 fully saturated rings. The molecule has 217 valence electrons. The van der Waals surface area contributed by atoms with Crippen LogP contribution in [0.25, 0.3) is 21.8 Å². The molecule has 39 heavy (non-hydrogen) atoms. The minimum atomic E-state index is -4.30. The molecular weight excluding hydrogens is 595 g/mol. The van der Waals surface area contributed by atoms with E-state index in [1.807, 2.05) is 52.1 Å². The van der Waals surface area contributed by atoms with E-state index in [0.29, 0.717) is 0 Å². The molecule has 4 rings (SSSR count). The maximum atomic E-state index is 11.0. The van der Waals surface area contributed by atoms with Gasteiger partial charge in [0.15, 0.2) is 0 Å². The summed E-state index contributed by atoms with van der Waals surface area (Å²) in [6.07, 6.45) is 2.85. The maximum Gasteiger partial charge on any atom is 1.00 e. The van der Waals surface area contributed by atoms with Crippen molar-refractivity contribution in [2.45, 2.75) is 9.79 Å². The van der Waals surface area contributed by atoms with Crippen molar-refractivity contribution in [3.63, 3.8) is 0 Å². The van der Waals surface area contributed by atoms with Crippen LogP contribution in [0, 0.1) is 0 Å². The molecular formula is C24H34CoN4O8S2+2. The number of rotatable bonds is 2. The minimum absolute atomic E-state index is 0. The van der Waals surface area contributed by atoms with Gasteiger partial charge in [-0.05, 0) is 90.8 Å². The van der Waals surface area contributed by atoms with Gasteiger partial charge in [-0.25, -0.2) is 0 Å². The third-order valence-corrected chi connectivity index (χ3v) is 5.80. The van der Waals surface area contributed by atoms with Crippen molar-refractivity contribution in [1.29, 1.82) is 0 Å². The van der Waals surface area contributed by atoms with E-state index in [-0.39, 0.29) is 62.7 Å². The SMILES string of the molecule is CN(C)C.CN(C)C.O=S(=O)(O)c1ccc(O)c2ncccc12.O=S(=O)(O)c1ccc(O)c2ncccc12.[Co].[H+].[H+]. The summed E-state index contributed by atoms with van der Waals surface area (Å²) in [4.78, 5) is 11.1. The molecule has 0 aliphatic heterocycles. The summed E-state index contributed by atoms with van der Waals surface area (Å²) in [6.45, 7) is 0. The number of aromatic hydroxyl groups is 2. The van der Waals surface area contributed by atoms with Crippen molar-refractivity contribution in [3.8, 4) is 11.5 Å². The molecule has 15 heteroatoms. The average molecular weight is 630 g/mol. The van der Waals surface area contributed by atoms with Gasteiger partial charge in [-0.2, -0.15) is 16.8 Å². The standard InChI is InChI=1S/2C9H7NO4S.2C3H9N.Co/c2*11-7-3-4-8(15(12,13)14)6-2-1-5-10-9(6)7;2*1-4(2)3;/h2*1-5,11H,(H,12,13,14);2*1-3H3;/p+2. The molecule has 2 heterocycles. The Balaban J connectivity index is -0.000000529. The minimum Gasteiger partial charge on any atom is -0.506 e. The van der Waals surface area contributed by atoms with Crippen molar-refractivity contribution < 1.29 is 55.8 Å². The first kappa shape index (κ1) is 36.1. The van der Waals surface area contributed by atoms with E-state index >= 15 is 0 Å². The Morgan fingerprint density at radius 3 is 1.15 bits per heavy atom. The smallest absolute Gasteiger partial charge is 0.506 e. The zero-order valence-corrected chi connectivity index (χ0v) is 24.8. The number of nitrogens with zero attached hydrogens (tertiary/aromatic N) is 4. The van der Waals surface area contributed by atoms with Crippen LogP contribution < -0.4 is 0 Å². The fraction of sp³-hybridized carbons (Fsp3) is 0.250. The molecule has 4 N–H and O–H groups in total. The van der Waals surface area contributed by atoms with Crippen molar-refractivity contribution >= 4 is 42.0 Å². The van der Waals surface area contributed by atoms with Crippen LogP contribution in [0.2, 0.25) is 0 Å². The van der Waals surface area contributed by atoms with E-state index in [1.54, 1.807) is 0 Å². The molecule has 2 aromatic heterocycles. The van der Waals surface area contributed by atoms with Crippen LogP contribution >= 0.6 is 0 Å². The van der Waals surface area contributed by atoms with Gasteiger partial charge in [0, 0.05) is 39.9 Å². The number of phenolic OH excluding ortho intramolecular Hbond substituents is 2. The van der Waals surface area contributed by atoms with Crippen molar-refractivity contribution in [2.24, 2.45) is 0 Å². The third kappa shape index (κ3) is 11.8. The number of benzene rings is 2. The second kappa shape index (κ2) is 15.6. The van der Waals surface area contributed by atoms with Crippen molar-refractivity contribution in [3.05, 3.63) is 60.9 Å². The Hall–Kier alpha value is -2.89. The Kier molecular flexibility index (Phi) is 14.5. The van der Waals surface area contributed by atoms with E-state index in [2.05, 4.69) is 9.97 Å². The van der Waals surface area contributed by atoms with E-state index < -0.39 is 20.2 Å². The summed E-state index contributed by atoms with van der Waals surface area (Å²) < 4.78 is 61.9. The van der Waals surface area contributed by atoms with Crippen molar-refractivity contribution in [1.82, 2.24) is 19.8 Å². The van der Waals surface area contributed by atoms with Crippen LogP contribution in [0.3, 0.4) is 0 Å². The first-order chi connectivity index (χ1) is 17.5. The van der Waals surface area contributed by atoms with Gasteiger partial charge in [0.05, 0.1) is 0 Å². The number of fused-ring (bicyclic) bond motifs is 2. The molecule has 0 atom stereocenters. The molecule has 0 spiro atoms. The zero-order chi connectivity index (χ0) is 29.3. The Bertz CT molecular complexity index is 1470. The fourth-order valence-corrected chi connectivity index (χ4v) is 4.08. The van der Waals surface area contributed by atoms with Crippen LogP contribution in [0.4, 0.5) is 0 Å². The molecule has 0 amide bonds. The van der Waals surface area contributed by atoms with Gasteiger partial charge in [0.25, 0.3) is 20.2 Å². The summed E-state index contributed by atoms with van der Waals surface area (Å²) in [7, 11) is 3.41. The number of phenols is 2. The van der Waals surface area contributed by atoms with Crippen LogP contribution in [0.15, 0.2) is 70.7 Å². The average Bonchev–Trinajstić information content (AvgIpc) is 2.78. The van der Waals surface area contributed by atoms with Crippen LogP contribution in [0.1, 0.15) is 2.85 Å². The molecule has 0 saturated heterocycles. The number of hydrogen-bond donors (Lipinski definition) is 4. The third-order valence-electron chi connectivity index (χ3n) is 3.97. The molecule has 4 aromatic rings. The summed E-state index contributed by atoms with van der Waals surface area (Å²) in [5.74, 6) is -0.254. The fourth-order valence-electron chi connectivity index (χ4n) is 2.71. The second-order valence-electron chi connectivity index (χ2n) is 8.60. The largest absolute Gasteiger partial charge is 1.00 e. The molecule has 1 radical (unpaired) electrons. The van der Waals surface area contributed by atoms with Gasteiger partial charge in [0.2, 0.25) is 0 Å². The van der Waals surface area contributed by atoms with E-state index in [0.717, 1.165) is 12.1 Å². The molecule has 0 aliphatic rings. The first-order valence-electron chi connectivity index (χ1n) is 10.8. The Morgan fingerprint density at radius 2 is 0.897 bits per heavy atom. The van der Waals surface area contributed by atoms with E-state index in [4.69, 9.17) is 9.11 Å². The van der Waals surface area contributed by atoms with Gasteiger partial charge < -0.3 is 20.0 Å². The number of hydrogen-bond acceptors (Lipinski definition) is 10. The van der Waals surface area contributed by atoms with Gasteiger partial charge in [0.1, 0.15) is 32.3 Å². The van der Waals surface area contributed by atoms with Crippen LogP contribution in [-0.2, 0) is 37.0 Å². The topological polar surface area (TPSA) is 181 Å². The summed E-state index contributed by atoms with van der Waals surface area (Å²) in [5.41, 5.74) is 0.292. The molecule has 0 unspecified atom stereocenters. The van der Waals surface area contributed by atoms with Gasteiger partial charge in [-0.3, -0.25) is 19.1 Å². The summed E-state index contributed by atoms with van der Waals surface area (Å²) >= 11 is 0. The zero-order valence-electron chi connectivity index (χ0n) is 24.1. The maximum absolute atomic E-state index is 11.0. The Morgan fingerprint density at radius 1 is 0.615 bits per heavy atom. The van der Waals surface area contributed by atoms with Gasteiger partial charge in [-0.15, -0.1) is 0 Å². The summed E-state index contributed by atoms with van der Waals surface area (Å²) in [6, 6.07) is 10.6. The van der Waals surface area contributed by atoms with Gasteiger partial charge >= 0.3 is 2.85 Å². The second-order valence-corrected chi connectivity index (χ2v) is 11.4. The molecule has 12 nitrogen and oxygen atoms in total. The van der Waals surface area contributed by atoms with Gasteiger partial charge in [-0.1, -0.05) is 0 Å². The monoisotopic (exact) mass is 629 g/mol. The molecule has 0 saturated carbocycles. The van der Waals surface area contributed by atoms with Crippen molar-refractivity contribution in [2.75, 3.05) is 42.3 Å². The predicted octanol–water partition coefficient (Wildman–Crippen LogP) is 2.95. The normalized spacial score (nSPS) is 10.9. The number of aromatic nitrogens is 2. The van der Waals surface area contributed by atoms with Crippen LogP contribution in [-0.4, -0.2) is 98.2 Å². The summed E-state index contributed by atoms with van der Waals surface area (Å²) in [5, 5.41) is 19.2. The quantitative estimate of drug-likeness (QED) is 0.238. The molecule has 2 aromatic carbocycles. The van der Waals surface area contributed by atoms with E-state index in [1.165, 1.54) is 48.8 Å². The van der Waals surface area contributed by atoms with E-state index in [9.17, 15) is 27.0 Å². The Labute approximate surface area is 241 Å².